The predicted octanol–water partition coefficient (Wildman–Crippen LogP) is 1.59. The third-order valence-corrected chi connectivity index (χ3v) is 7.83. The number of Topliss-reactive ketones (excluding diaryl/α,β-unsaturated/α-hetero) is 2. The van der Waals surface area contributed by atoms with Crippen molar-refractivity contribution in [3.63, 3.8) is 0 Å². The summed E-state index contributed by atoms with van der Waals surface area (Å²) in [6.07, 6.45) is -1.49. The van der Waals surface area contributed by atoms with Crippen molar-refractivity contribution in [1.29, 1.82) is 0 Å². The summed E-state index contributed by atoms with van der Waals surface area (Å²) in [4.78, 5) is 49.7. The molecule has 3 aliphatic rings. The first-order valence-electron chi connectivity index (χ1n) is 11.5. The number of ketones is 2. The fraction of sp³-hybridized carbons (Fsp3) is 0.259. The summed E-state index contributed by atoms with van der Waals surface area (Å²) >= 11 is 0. The number of aliphatic hydroxyl groups excluding tert-OH is 3. The Balaban J connectivity index is 1.75. The van der Waals surface area contributed by atoms with Gasteiger partial charge in [-0.2, -0.15) is 0 Å². The standard InChI is InChI=1S/C27H23NO9/c1-10-17-13(12-4-2-11(9-29)3-5-12)6-7-15(30)19(17)23(33)21-18(10)22(32)14-8-16(31)20(26(28)36)24(34)27(14,37)25(21)35/h2-7,9-10,14,18,22,30-32,35,37H,8H2,1H3,(H2,28,36)/t10-,14+,18+,22+,27+/m0/s1. The van der Waals surface area contributed by atoms with Gasteiger partial charge in [-0.15, -0.1) is 0 Å². The molecule has 37 heavy (non-hydrogen) atoms. The number of hydrogen-bond acceptors (Lipinski definition) is 9. The van der Waals surface area contributed by atoms with Crippen molar-refractivity contribution in [3.05, 3.63) is 75.8 Å². The number of benzene rings is 2. The zero-order valence-corrected chi connectivity index (χ0v) is 19.5. The topological polar surface area (TPSA) is 195 Å². The van der Waals surface area contributed by atoms with E-state index in [9.17, 15) is 44.7 Å². The summed E-state index contributed by atoms with van der Waals surface area (Å²) in [7, 11) is 0. The van der Waals surface area contributed by atoms with Crippen molar-refractivity contribution in [2.75, 3.05) is 0 Å². The number of carbonyl (C=O) groups excluding carboxylic acids is 4. The highest BCUT2D eigenvalue weighted by Crippen LogP contribution is 2.56. The minimum Gasteiger partial charge on any atom is -0.511 e. The molecular formula is C27H23NO9. The Hall–Kier alpha value is -4.28. The average Bonchev–Trinajstić information content (AvgIpc) is 2.86. The molecule has 0 saturated heterocycles. The van der Waals surface area contributed by atoms with Crippen LogP contribution in [0.25, 0.3) is 11.1 Å². The molecule has 0 spiro atoms. The van der Waals surface area contributed by atoms with Gasteiger partial charge in [0.2, 0.25) is 5.78 Å². The minimum absolute atomic E-state index is 0.173. The summed E-state index contributed by atoms with van der Waals surface area (Å²) in [6, 6.07) is 9.39. The van der Waals surface area contributed by atoms with E-state index in [4.69, 9.17) is 5.73 Å². The van der Waals surface area contributed by atoms with Crippen molar-refractivity contribution < 1.29 is 44.7 Å². The maximum atomic E-state index is 13.7. The second-order valence-electron chi connectivity index (χ2n) is 9.65. The molecule has 5 atom stereocenters. The molecule has 0 aromatic heterocycles. The number of aldehydes is 1. The van der Waals surface area contributed by atoms with Crippen molar-refractivity contribution in [2.45, 2.75) is 31.0 Å². The Morgan fingerprint density at radius 3 is 2.32 bits per heavy atom. The molecule has 10 heteroatoms. The van der Waals surface area contributed by atoms with E-state index in [0.29, 0.717) is 28.5 Å². The predicted molar refractivity (Wildman–Crippen MR) is 128 cm³/mol. The molecule has 190 valence electrons. The number of hydrogen-bond donors (Lipinski definition) is 6. The zero-order chi connectivity index (χ0) is 27.0. The van der Waals surface area contributed by atoms with Crippen LogP contribution in [0.2, 0.25) is 0 Å². The third kappa shape index (κ3) is 3.12. The van der Waals surface area contributed by atoms with Crippen molar-refractivity contribution in [3.8, 4) is 16.9 Å². The van der Waals surface area contributed by atoms with E-state index < -0.39 is 81.8 Å². The molecule has 7 N–H and O–H groups in total. The van der Waals surface area contributed by atoms with Gasteiger partial charge in [-0.25, -0.2) is 0 Å². The number of aliphatic hydroxyl groups is 4. The Labute approximate surface area is 210 Å². The number of phenols is 1. The first-order valence-corrected chi connectivity index (χ1v) is 11.5. The lowest BCUT2D eigenvalue weighted by molar-refractivity contribution is -0.154. The lowest BCUT2D eigenvalue weighted by atomic mass is 9.56. The normalized spacial score (nSPS) is 28.9. The first kappa shape index (κ1) is 24.4. The van der Waals surface area contributed by atoms with E-state index in [-0.39, 0.29) is 5.56 Å². The molecular weight excluding hydrogens is 482 g/mol. The van der Waals surface area contributed by atoms with Crippen LogP contribution in [0.15, 0.2) is 59.1 Å². The zero-order valence-electron chi connectivity index (χ0n) is 19.5. The third-order valence-electron chi connectivity index (χ3n) is 7.83. The van der Waals surface area contributed by atoms with Gasteiger partial charge in [0, 0.05) is 29.4 Å². The highest BCUT2D eigenvalue weighted by atomic mass is 16.4. The number of amides is 1. The highest BCUT2D eigenvalue weighted by Gasteiger charge is 2.64. The van der Waals surface area contributed by atoms with E-state index in [0.717, 1.165) is 0 Å². The van der Waals surface area contributed by atoms with Crippen LogP contribution in [0, 0.1) is 11.8 Å². The van der Waals surface area contributed by atoms with E-state index >= 15 is 0 Å². The quantitative estimate of drug-likeness (QED) is 0.265. The summed E-state index contributed by atoms with van der Waals surface area (Å²) in [5.74, 6) is -9.19. The van der Waals surface area contributed by atoms with Gasteiger partial charge in [0.25, 0.3) is 5.91 Å². The molecule has 2 aromatic carbocycles. The number of phenolic OH excluding ortho intramolecular Hbond substituents is 1. The SMILES string of the molecule is C[C@H]1c2c(-c3ccc(C=O)cc3)ccc(O)c2C(=O)C2=C(O)[C@]3(O)C(=O)C(C(N)=O)=C(O)C[C@@H]3[C@@H](O)[C@@H]21. The Morgan fingerprint density at radius 1 is 1.08 bits per heavy atom. The van der Waals surface area contributed by atoms with Gasteiger partial charge in [-0.3, -0.25) is 19.2 Å². The maximum absolute atomic E-state index is 13.7. The molecule has 5 rings (SSSR count). The van der Waals surface area contributed by atoms with Crippen LogP contribution in [0.4, 0.5) is 0 Å². The summed E-state index contributed by atoms with van der Waals surface area (Å²) in [6.45, 7) is 1.66. The van der Waals surface area contributed by atoms with E-state index in [1.54, 1.807) is 37.3 Å². The van der Waals surface area contributed by atoms with Gasteiger partial charge < -0.3 is 31.3 Å². The van der Waals surface area contributed by atoms with E-state index in [1.165, 1.54) is 6.07 Å². The van der Waals surface area contributed by atoms with Gasteiger partial charge in [-0.1, -0.05) is 37.3 Å². The molecule has 0 radical (unpaired) electrons. The Bertz CT molecular complexity index is 1470. The van der Waals surface area contributed by atoms with Crippen LogP contribution in [0.3, 0.4) is 0 Å². The monoisotopic (exact) mass is 505 g/mol. The van der Waals surface area contributed by atoms with E-state index in [2.05, 4.69) is 0 Å². The van der Waals surface area contributed by atoms with Gasteiger partial charge in [-0.05, 0) is 28.7 Å². The van der Waals surface area contributed by atoms with Crippen LogP contribution >= 0.6 is 0 Å². The molecule has 0 heterocycles. The number of nitrogens with two attached hydrogens (primary N) is 1. The average molecular weight is 505 g/mol. The molecule has 3 aliphatic carbocycles. The number of allylic oxidation sites excluding steroid dienone is 1. The van der Waals surface area contributed by atoms with Crippen molar-refractivity contribution in [1.82, 2.24) is 0 Å². The summed E-state index contributed by atoms with van der Waals surface area (Å²) in [5, 5.41) is 54.9. The molecule has 2 aromatic rings. The lowest BCUT2D eigenvalue weighted by Gasteiger charge is -2.50. The number of aromatic hydroxyl groups is 1. The second kappa shape index (κ2) is 8.12. The van der Waals surface area contributed by atoms with Gasteiger partial charge in [0.05, 0.1) is 11.7 Å². The smallest absolute Gasteiger partial charge is 0.255 e. The minimum atomic E-state index is -2.88. The Morgan fingerprint density at radius 2 is 1.73 bits per heavy atom. The van der Waals surface area contributed by atoms with Crippen LogP contribution in [-0.2, 0) is 9.59 Å². The summed E-state index contributed by atoms with van der Waals surface area (Å²) in [5.41, 5.74) is 2.72. The number of carbonyl (C=O) groups is 4. The molecule has 0 fully saturated rings. The fourth-order valence-corrected chi connectivity index (χ4v) is 6.07. The van der Waals surface area contributed by atoms with Crippen LogP contribution in [0.1, 0.15) is 45.5 Å². The molecule has 0 aliphatic heterocycles. The van der Waals surface area contributed by atoms with Crippen LogP contribution in [0.5, 0.6) is 5.75 Å². The molecule has 1 amide bonds. The molecule has 0 bridgehead atoms. The van der Waals surface area contributed by atoms with Crippen LogP contribution in [-0.4, -0.2) is 61.0 Å². The van der Waals surface area contributed by atoms with Crippen molar-refractivity contribution in [2.24, 2.45) is 17.6 Å². The number of fused-ring (bicyclic) bond motifs is 3. The summed E-state index contributed by atoms with van der Waals surface area (Å²) < 4.78 is 0. The fourth-order valence-electron chi connectivity index (χ4n) is 6.07. The second-order valence-corrected chi connectivity index (χ2v) is 9.65. The van der Waals surface area contributed by atoms with Crippen molar-refractivity contribution >= 4 is 23.8 Å². The van der Waals surface area contributed by atoms with Gasteiger partial charge in [0.1, 0.15) is 29.1 Å². The molecule has 0 saturated carbocycles. The highest BCUT2D eigenvalue weighted by molar-refractivity contribution is 6.24. The molecule has 10 nitrogen and oxygen atoms in total. The van der Waals surface area contributed by atoms with Gasteiger partial charge >= 0.3 is 0 Å². The largest absolute Gasteiger partial charge is 0.511 e. The maximum Gasteiger partial charge on any atom is 0.255 e. The number of primary amides is 1. The Kier molecular flexibility index (Phi) is 5.36. The number of rotatable bonds is 3. The first-order chi connectivity index (χ1) is 17.4. The van der Waals surface area contributed by atoms with E-state index in [1.807, 2.05) is 0 Å². The van der Waals surface area contributed by atoms with Gasteiger partial charge in [0.15, 0.2) is 11.4 Å². The molecule has 0 unspecified atom stereocenters. The van der Waals surface area contributed by atoms with Crippen LogP contribution < -0.4 is 5.73 Å². The lowest BCUT2D eigenvalue weighted by Crippen LogP contribution is -2.62.